The first-order valence-corrected chi connectivity index (χ1v) is 4.72. The van der Waals surface area contributed by atoms with Crippen molar-refractivity contribution >= 4 is 16.9 Å². The molecule has 0 spiro atoms. The van der Waals surface area contributed by atoms with Gasteiger partial charge in [-0.2, -0.15) is 0 Å². The second-order valence-electron chi connectivity index (χ2n) is 2.22. The molecule has 0 aromatic rings. The normalized spacial score (nSPS) is 27.1. The highest BCUT2D eigenvalue weighted by Gasteiger charge is 2.22. The molecule has 0 aliphatic carbocycles. The predicted molar refractivity (Wildman–Crippen MR) is 39.6 cm³/mol. The van der Waals surface area contributed by atoms with Crippen LogP contribution in [-0.4, -0.2) is 26.7 Å². The minimum atomic E-state index is -1.02. The van der Waals surface area contributed by atoms with E-state index in [4.69, 9.17) is 0 Å². The van der Waals surface area contributed by atoms with Gasteiger partial charge in [-0.3, -0.25) is 9.10 Å². The minimum absolute atomic E-state index is 0.0343. The Kier molecular flexibility index (Phi) is 2.43. The van der Waals surface area contributed by atoms with Gasteiger partial charge in [0.25, 0.3) is 0 Å². The summed E-state index contributed by atoms with van der Waals surface area (Å²) in [4.78, 5) is 11.0. The van der Waals surface area contributed by atoms with Gasteiger partial charge in [0.1, 0.15) is 11.0 Å². The Morgan fingerprint density at radius 2 is 2.40 bits per heavy atom. The van der Waals surface area contributed by atoms with Gasteiger partial charge >= 0.3 is 0 Å². The average molecular weight is 161 g/mol. The Bertz CT molecular complexity index is 153. The van der Waals surface area contributed by atoms with Crippen LogP contribution in [-0.2, 0) is 15.8 Å². The molecular weight excluding hydrogens is 150 g/mol. The lowest BCUT2D eigenvalue weighted by atomic mass is 10.3. The van der Waals surface area contributed by atoms with E-state index in [0.29, 0.717) is 18.7 Å². The maximum atomic E-state index is 11.1. The van der Waals surface area contributed by atoms with Gasteiger partial charge in [-0.15, -0.1) is 0 Å². The van der Waals surface area contributed by atoms with Gasteiger partial charge in [-0.1, -0.05) is 0 Å². The summed E-state index contributed by atoms with van der Waals surface area (Å²) in [6.45, 7) is 2.42. The van der Waals surface area contributed by atoms with Crippen LogP contribution in [0.4, 0.5) is 0 Å². The zero-order chi connectivity index (χ0) is 7.56. The molecule has 0 aromatic carbocycles. The quantitative estimate of drug-likeness (QED) is 0.554. The second kappa shape index (κ2) is 3.14. The maximum absolute atomic E-state index is 11.1. The van der Waals surface area contributed by atoms with Crippen LogP contribution in [0.1, 0.15) is 19.8 Å². The molecule has 0 saturated carbocycles. The van der Waals surface area contributed by atoms with Crippen LogP contribution in [0.2, 0.25) is 0 Å². The van der Waals surface area contributed by atoms with Crippen LogP contribution in [0.5, 0.6) is 0 Å². The Balaban J connectivity index is 2.62. The number of rotatable bonds is 1. The number of amides is 1. The summed E-state index contributed by atoms with van der Waals surface area (Å²) in [6.07, 6.45) is 1.35. The van der Waals surface area contributed by atoms with Crippen molar-refractivity contribution in [3.05, 3.63) is 0 Å². The predicted octanol–water partition coefficient (Wildman–Crippen LogP) is 0.292. The molecule has 0 N–H and O–H groups in total. The molecule has 1 unspecified atom stereocenters. The van der Waals surface area contributed by atoms with Crippen LogP contribution in [0.15, 0.2) is 0 Å². The molecule has 10 heavy (non-hydrogen) atoms. The smallest absolute Gasteiger partial charge is 0.234 e. The van der Waals surface area contributed by atoms with E-state index in [2.05, 4.69) is 0 Å². The molecule has 1 aliphatic rings. The minimum Gasteiger partial charge on any atom is -0.274 e. The lowest BCUT2D eigenvalue weighted by Crippen LogP contribution is -2.37. The van der Waals surface area contributed by atoms with Gasteiger partial charge in [0, 0.05) is 18.7 Å². The van der Waals surface area contributed by atoms with Crippen molar-refractivity contribution in [3.63, 3.8) is 0 Å². The molecule has 1 fully saturated rings. The molecule has 1 atom stereocenters. The summed E-state index contributed by atoms with van der Waals surface area (Å²) in [7, 11) is -1.02. The number of carbonyl (C=O) groups excluding carboxylic acids is 1. The van der Waals surface area contributed by atoms with Crippen LogP contribution < -0.4 is 0 Å². The summed E-state index contributed by atoms with van der Waals surface area (Å²) in [5.74, 6) is 0.687. The number of nitrogens with zero attached hydrogens (tertiary/aromatic N) is 1. The Hall–Kier alpha value is -0.380. The van der Waals surface area contributed by atoms with E-state index in [1.54, 1.807) is 0 Å². The van der Waals surface area contributed by atoms with E-state index in [0.717, 1.165) is 6.42 Å². The van der Waals surface area contributed by atoms with Gasteiger partial charge < -0.3 is 0 Å². The van der Waals surface area contributed by atoms with Gasteiger partial charge in [-0.05, 0) is 13.3 Å². The third-order valence-corrected chi connectivity index (χ3v) is 3.11. The van der Waals surface area contributed by atoms with Crippen molar-refractivity contribution in [2.45, 2.75) is 19.8 Å². The molecule has 58 valence electrons. The van der Waals surface area contributed by atoms with E-state index in [1.165, 1.54) is 4.31 Å². The summed E-state index contributed by atoms with van der Waals surface area (Å²) < 4.78 is 12.5. The highest BCUT2D eigenvalue weighted by molar-refractivity contribution is 7.83. The van der Waals surface area contributed by atoms with Crippen molar-refractivity contribution in [1.29, 1.82) is 0 Å². The Morgan fingerprint density at radius 3 is 2.80 bits per heavy atom. The molecule has 1 heterocycles. The van der Waals surface area contributed by atoms with Gasteiger partial charge in [-0.25, -0.2) is 4.21 Å². The highest BCUT2D eigenvalue weighted by atomic mass is 32.2. The van der Waals surface area contributed by atoms with Crippen molar-refractivity contribution in [3.8, 4) is 0 Å². The van der Waals surface area contributed by atoms with Crippen LogP contribution >= 0.6 is 0 Å². The summed E-state index contributed by atoms with van der Waals surface area (Å²) in [5.41, 5.74) is 0. The van der Waals surface area contributed by atoms with Gasteiger partial charge in [0.15, 0.2) is 0 Å². The van der Waals surface area contributed by atoms with Gasteiger partial charge in [0.2, 0.25) is 5.91 Å². The molecule has 3 nitrogen and oxygen atoms in total. The first kappa shape index (κ1) is 7.72. The molecule has 1 amide bonds. The Morgan fingerprint density at radius 1 is 1.70 bits per heavy atom. The van der Waals surface area contributed by atoms with Crippen molar-refractivity contribution < 1.29 is 9.00 Å². The van der Waals surface area contributed by atoms with Crippen molar-refractivity contribution in [2.24, 2.45) is 0 Å². The first-order valence-electron chi connectivity index (χ1n) is 3.44. The molecule has 4 heteroatoms. The third-order valence-electron chi connectivity index (χ3n) is 1.52. The Labute approximate surface area is 63.0 Å². The molecule has 1 saturated heterocycles. The topological polar surface area (TPSA) is 37.4 Å². The lowest BCUT2D eigenvalue weighted by molar-refractivity contribution is -0.126. The van der Waals surface area contributed by atoms with E-state index in [1.807, 2.05) is 6.92 Å². The summed E-state index contributed by atoms with van der Waals surface area (Å²) in [6, 6.07) is 0. The van der Waals surface area contributed by atoms with E-state index in [9.17, 15) is 9.00 Å². The lowest BCUT2D eigenvalue weighted by Gasteiger charge is -2.23. The van der Waals surface area contributed by atoms with E-state index < -0.39 is 11.0 Å². The molecule has 0 bridgehead atoms. The summed E-state index contributed by atoms with van der Waals surface area (Å²) >= 11 is 0. The van der Waals surface area contributed by atoms with E-state index >= 15 is 0 Å². The van der Waals surface area contributed by atoms with Crippen LogP contribution in [0, 0.1) is 0 Å². The molecular formula is C6H11NO2S. The molecule has 1 aliphatic heterocycles. The zero-order valence-corrected chi connectivity index (χ0v) is 6.82. The second-order valence-corrected chi connectivity index (χ2v) is 3.71. The largest absolute Gasteiger partial charge is 0.274 e. The highest BCUT2D eigenvalue weighted by Crippen LogP contribution is 2.09. The summed E-state index contributed by atoms with van der Waals surface area (Å²) in [5, 5.41) is 0. The van der Waals surface area contributed by atoms with Crippen LogP contribution in [0.3, 0.4) is 0 Å². The van der Waals surface area contributed by atoms with E-state index in [-0.39, 0.29) is 5.91 Å². The fourth-order valence-corrected chi connectivity index (χ4v) is 2.23. The van der Waals surface area contributed by atoms with Crippen LogP contribution in [0.25, 0.3) is 0 Å². The fraction of sp³-hybridized carbons (Fsp3) is 0.833. The molecule has 0 aromatic heterocycles. The van der Waals surface area contributed by atoms with Crippen molar-refractivity contribution in [2.75, 3.05) is 12.3 Å². The SMILES string of the molecule is CCN1C(=O)CCCS1=O. The molecule has 1 rings (SSSR count). The zero-order valence-electron chi connectivity index (χ0n) is 6.00. The third kappa shape index (κ3) is 1.37. The maximum Gasteiger partial charge on any atom is 0.234 e. The average Bonchev–Trinajstić information content (AvgIpc) is 1.88. The van der Waals surface area contributed by atoms with Crippen molar-refractivity contribution in [1.82, 2.24) is 4.31 Å². The monoisotopic (exact) mass is 161 g/mol. The first-order chi connectivity index (χ1) is 4.75. The molecule has 0 radical (unpaired) electrons. The number of carbonyl (C=O) groups is 1. The fourth-order valence-electron chi connectivity index (χ4n) is 1.02. The number of hydrogen-bond donors (Lipinski definition) is 0. The van der Waals surface area contributed by atoms with Gasteiger partial charge in [0.05, 0.1) is 0 Å². The standard InChI is InChI=1S/C6H11NO2S/c1-2-7-6(8)4-3-5-10(7)9/h2-5H2,1H3. The number of hydrogen-bond acceptors (Lipinski definition) is 2.